The van der Waals surface area contributed by atoms with Crippen molar-refractivity contribution in [1.82, 2.24) is 9.55 Å². The number of benzene rings is 3. The summed E-state index contributed by atoms with van der Waals surface area (Å²) >= 11 is 0. The normalized spacial score (nSPS) is 16.9. The first-order chi connectivity index (χ1) is 16.5. The number of nitrogens with zero attached hydrogens (tertiary/aromatic N) is 3. The summed E-state index contributed by atoms with van der Waals surface area (Å²) < 4.78 is 21.6. The van der Waals surface area contributed by atoms with Crippen LogP contribution in [0.1, 0.15) is 23.7 Å². The highest BCUT2D eigenvalue weighted by Gasteiger charge is 2.35. The molecule has 1 aliphatic rings. The van der Waals surface area contributed by atoms with Crippen LogP contribution in [0.5, 0.6) is 5.75 Å². The van der Waals surface area contributed by atoms with Crippen molar-refractivity contribution in [3.05, 3.63) is 90.0 Å². The van der Waals surface area contributed by atoms with Crippen LogP contribution in [0, 0.1) is 12.7 Å². The first-order valence-corrected chi connectivity index (χ1v) is 11.4. The number of rotatable bonds is 7. The minimum Gasteiger partial charge on any atom is -0.491 e. The van der Waals surface area contributed by atoms with E-state index in [2.05, 4.69) is 0 Å². The number of aliphatic hydroxyl groups is 1. The Bertz CT molecular complexity index is 1340. The van der Waals surface area contributed by atoms with Gasteiger partial charge in [-0.3, -0.25) is 4.79 Å². The van der Waals surface area contributed by atoms with Crippen molar-refractivity contribution in [2.24, 2.45) is 0 Å². The minimum absolute atomic E-state index is 0.0716. The molecule has 2 unspecified atom stereocenters. The van der Waals surface area contributed by atoms with E-state index in [4.69, 9.17) is 9.72 Å². The molecule has 1 aliphatic heterocycles. The molecular weight excluding hydrogens is 433 g/mol. The fourth-order valence-electron chi connectivity index (χ4n) is 4.54. The molecule has 0 spiro atoms. The van der Waals surface area contributed by atoms with Gasteiger partial charge >= 0.3 is 0 Å². The van der Waals surface area contributed by atoms with E-state index in [1.807, 2.05) is 60.0 Å². The van der Waals surface area contributed by atoms with Crippen molar-refractivity contribution < 1.29 is 19.0 Å². The molecule has 4 aromatic rings. The maximum Gasteiger partial charge on any atom is 0.227 e. The van der Waals surface area contributed by atoms with Crippen LogP contribution < -0.4 is 9.64 Å². The van der Waals surface area contributed by atoms with E-state index in [-0.39, 0.29) is 37.2 Å². The molecule has 174 valence electrons. The van der Waals surface area contributed by atoms with E-state index in [1.54, 1.807) is 17.0 Å². The van der Waals surface area contributed by atoms with Crippen molar-refractivity contribution in [1.29, 1.82) is 0 Å². The van der Waals surface area contributed by atoms with Crippen LogP contribution in [0.3, 0.4) is 0 Å². The van der Waals surface area contributed by atoms with Crippen molar-refractivity contribution >= 4 is 22.6 Å². The number of aromatic nitrogens is 2. The van der Waals surface area contributed by atoms with Crippen LogP contribution >= 0.6 is 0 Å². The van der Waals surface area contributed by atoms with Gasteiger partial charge in [0.25, 0.3) is 0 Å². The molecule has 5 rings (SSSR count). The first kappa shape index (κ1) is 22.1. The van der Waals surface area contributed by atoms with Crippen LogP contribution in [0.25, 0.3) is 11.0 Å². The van der Waals surface area contributed by atoms with Crippen LogP contribution in [-0.2, 0) is 11.3 Å². The smallest absolute Gasteiger partial charge is 0.227 e. The maximum atomic E-state index is 13.7. The second-order valence-electron chi connectivity index (χ2n) is 8.68. The highest BCUT2D eigenvalue weighted by atomic mass is 19.1. The Hall–Kier alpha value is -3.71. The van der Waals surface area contributed by atoms with Crippen molar-refractivity contribution in [2.45, 2.75) is 31.9 Å². The number of anilines is 1. The summed E-state index contributed by atoms with van der Waals surface area (Å²) in [5.74, 6) is 0.857. The number of aryl methyl sites for hydroxylation is 1. The van der Waals surface area contributed by atoms with Crippen LogP contribution in [0.15, 0.2) is 72.8 Å². The monoisotopic (exact) mass is 459 g/mol. The number of ether oxygens (including phenoxy) is 1. The molecule has 0 aliphatic carbocycles. The summed E-state index contributed by atoms with van der Waals surface area (Å²) in [4.78, 5) is 19.2. The van der Waals surface area contributed by atoms with Gasteiger partial charge in [0.05, 0.1) is 17.6 Å². The van der Waals surface area contributed by atoms with E-state index in [9.17, 15) is 14.3 Å². The third-order valence-corrected chi connectivity index (χ3v) is 6.21. The lowest BCUT2D eigenvalue weighted by molar-refractivity contribution is -0.117. The predicted octanol–water partition coefficient (Wildman–Crippen LogP) is 4.44. The van der Waals surface area contributed by atoms with E-state index in [0.717, 1.165) is 28.2 Å². The number of aliphatic hydroxyl groups excluding tert-OH is 1. The summed E-state index contributed by atoms with van der Waals surface area (Å²) in [7, 11) is 0. The van der Waals surface area contributed by atoms with Gasteiger partial charge in [-0.15, -0.1) is 0 Å². The minimum atomic E-state index is -0.771. The molecule has 34 heavy (non-hydrogen) atoms. The van der Waals surface area contributed by atoms with Gasteiger partial charge in [-0.25, -0.2) is 9.37 Å². The molecular formula is C27H26FN3O3. The molecule has 1 saturated heterocycles. The Balaban J connectivity index is 1.39. The molecule has 7 heteroatoms. The van der Waals surface area contributed by atoms with Gasteiger partial charge < -0.3 is 19.3 Å². The quantitative estimate of drug-likeness (QED) is 0.444. The Morgan fingerprint density at radius 1 is 1.12 bits per heavy atom. The van der Waals surface area contributed by atoms with E-state index in [1.165, 1.54) is 12.1 Å². The topological polar surface area (TPSA) is 67.6 Å². The second-order valence-corrected chi connectivity index (χ2v) is 8.68. The third kappa shape index (κ3) is 4.39. The third-order valence-electron chi connectivity index (χ3n) is 6.21. The highest BCUT2D eigenvalue weighted by Crippen LogP contribution is 2.33. The second kappa shape index (κ2) is 9.27. The lowest BCUT2D eigenvalue weighted by Gasteiger charge is -2.19. The molecule has 1 amide bonds. The van der Waals surface area contributed by atoms with Crippen molar-refractivity contribution in [3.8, 4) is 5.75 Å². The average Bonchev–Trinajstić information content (AvgIpc) is 3.39. The molecule has 0 saturated carbocycles. The SMILES string of the molecule is Cc1ccccc1OCC(O)Cn1c(C2CC(=O)N(c3cccc(F)c3)C2)nc2ccccc21. The number of hydrogen-bond acceptors (Lipinski definition) is 4. The van der Waals surface area contributed by atoms with Crippen LogP contribution in [0.2, 0.25) is 0 Å². The largest absolute Gasteiger partial charge is 0.491 e. The number of carbonyl (C=O) groups is 1. The van der Waals surface area contributed by atoms with Gasteiger partial charge in [0.15, 0.2) is 0 Å². The number of hydrogen-bond donors (Lipinski definition) is 1. The lowest BCUT2D eigenvalue weighted by Crippen LogP contribution is -2.26. The summed E-state index contributed by atoms with van der Waals surface area (Å²) in [6.07, 6.45) is -0.497. The van der Waals surface area contributed by atoms with E-state index >= 15 is 0 Å². The van der Waals surface area contributed by atoms with Crippen molar-refractivity contribution in [3.63, 3.8) is 0 Å². The first-order valence-electron chi connectivity index (χ1n) is 11.4. The lowest BCUT2D eigenvalue weighted by atomic mass is 10.1. The standard InChI is InChI=1S/C27H26FN3O3/c1-18-7-2-5-12-25(18)34-17-22(32)16-31-24-11-4-3-10-23(24)29-27(31)19-13-26(33)30(15-19)21-9-6-8-20(28)14-21/h2-12,14,19,22,32H,13,15-17H2,1H3. The van der Waals surface area contributed by atoms with Gasteiger partial charge in [-0.2, -0.15) is 0 Å². The number of halogens is 1. The zero-order valence-corrected chi connectivity index (χ0v) is 18.9. The zero-order chi connectivity index (χ0) is 23.7. The number of imidazole rings is 1. The molecule has 1 fully saturated rings. The number of amides is 1. The molecule has 0 radical (unpaired) electrons. The number of para-hydroxylation sites is 3. The van der Waals surface area contributed by atoms with Gasteiger partial charge in [0, 0.05) is 24.6 Å². The predicted molar refractivity (Wildman–Crippen MR) is 129 cm³/mol. The Labute approximate surface area is 197 Å². The van der Waals surface area contributed by atoms with Crippen molar-refractivity contribution in [2.75, 3.05) is 18.1 Å². The van der Waals surface area contributed by atoms with Gasteiger partial charge in [0.2, 0.25) is 5.91 Å². The Morgan fingerprint density at radius 3 is 2.74 bits per heavy atom. The van der Waals surface area contributed by atoms with Crippen LogP contribution in [-0.4, -0.2) is 39.8 Å². The number of fused-ring (bicyclic) bond motifs is 1. The van der Waals surface area contributed by atoms with Gasteiger partial charge in [-0.05, 0) is 48.9 Å². The Kier molecular flexibility index (Phi) is 6.02. The van der Waals surface area contributed by atoms with E-state index < -0.39 is 6.10 Å². The number of carbonyl (C=O) groups excluding carboxylic acids is 1. The van der Waals surface area contributed by atoms with Crippen LogP contribution in [0.4, 0.5) is 10.1 Å². The summed E-state index contributed by atoms with van der Waals surface area (Å²) in [5.41, 5.74) is 3.25. The van der Waals surface area contributed by atoms with Gasteiger partial charge in [0.1, 0.15) is 30.1 Å². The summed E-state index contributed by atoms with van der Waals surface area (Å²) in [5, 5.41) is 10.8. The summed E-state index contributed by atoms with van der Waals surface area (Å²) in [6.45, 7) is 2.79. The zero-order valence-electron chi connectivity index (χ0n) is 18.9. The molecule has 3 aromatic carbocycles. The summed E-state index contributed by atoms with van der Waals surface area (Å²) in [6, 6.07) is 21.5. The fraction of sp³-hybridized carbons (Fsp3) is 0.259. The highest BCUT2D eigenvalue weighted by molar-refractivity contribution is 5.96. The average molecular weight is 460 g/mol. The van der Waals surface area contributed by atoms with E-state index in [0.29, 0.717) is 12.2 Å². The fourth-order valence-corrected chi connectivity index (χ4v) is 4.54. The molecule has 6 nitrogen and oxygen atoms in total. The molecule has 1 N–H and O–H groups in total. The molecule has 2 heterocycles. The maximum absolute atomic E-state index is 13.7. The molecule has 0 bridgehead atoms. The Morgan fingerprint density at radius 2 is 1.91 bits per heavy atom. The molecule has 1 aromatic heterocycles. The molecule has 2 atom stereocenters. The van der Waals surface area contributed by atoms with Gasteiger partial charge in [-0.1, -0.05) is 36.4 Å².